The highest BCUT2D eigenvalue weighted by Crippen LogP contribution is 2.39. The summed E-state index contributed by atoms with van der Waals surface area (Å²) in [4.78, 5) is 14.0. The quantitative estimate of drug-likeness (QED) is 0.821. The van der Waals surface area contributed by atoms with Crippen LogP contribution in [-0.2, 0) is 27.7 Å². The number of nitrogens with one attached hydrogen (secondary N) is 1. The average molecular weight is 422 g/mol. The van der Waals surface area contributed by atoms with Crippen molar-refractivity contribution in [1.29, 1.82) is 5.26 Å². The van der Waals surface area contributed by atoms with Crippen molar-refractivity contribution in [3.05, 3.63) is 33.5 Å². The van der Waals surface area contributed by atoms with Gasteiger partial charge in [-0.2, -0.15) is 9.57 Å². The molecule has 6 nitrogen and oxygen atoms in total. The SMILES string of the molecule is N#Cc1c(NC(=O)C2CCCN(S(=O)(=O)c3cccs3)C2)sc2c1CCC2. The summed E-state index contributed by atoms with van der Waals surface area (Å²) in [6, 6.07) is 5.53. The van der Waals surface area contributed by atoms with Crippen LogP contribution in [0, 0.1) is 17.2 Å². The normalized spacial score (nSPS) is 20.2. The number of amides is 1. The summed E-state index contributed by atoms with van der Waals surface area (Å²) in [5.74, 6) is -0.602. The molecule has 1 fully saturated rings. The van der Waals surface area contributed by atoms with Gasteiger partial charge < -0.3 is 5.32 Å². The molecule has 0 aromatic carbocycles. The third-order valence-corrected chi connectivity index (χ3v) is 9.56. The molecule has 0 bridgehead atoms. The molecule has 2 aromatic heterocycles. The first kappa shape index (κ1) is 18.6. The third kappa shape index (κ3) is 3.43. The maximum Gasteiger partial charge on any atom is 0.252 e. The minimum Gasteiger partial charge on any atom is -0.316 e. The van der Waals surface area contributed by atoms with Crippen molar-refractivity contribution in [2.45, 2.75) is 36.3 Å². The molecule has 0 saturated carbocycles. The molecule has 2 aliphatic rings. The third-order valence-electron chi connectivity index (χ3n) is 5.11. The van der Waals surface area contributed by atoms with Crippen molar-refractivity contribution in [3.8, 4) is 6.07 Å². The van der Waals surface area contributed by atoms with Gasteiger partial charge in [0.1, 0.15) is 15.3 Å². The Hall–Kier alpha value is -1.73. The summed E-state index contributed by atoms with van der Waals surface area (Å²) in [7, 11) is -3.55. The van der Waals surface area contributed by atoms with E-state index >= 15 is 0 Å². The summed E-state index contributed by atoms with van der Waals surface area (Å²) in [6.45, 7) is 0.611. The fourth-order valence-electron chi connectivity index (χ4n) is 3.74. The zero-order chi connectivity index (χ0) is 19.0. The number of nitriles is 1. The van der Waals surface area contributed by atoms with E-state index in [0.717, 1.165) is 24.8 Å². The minimum absolute atomic E-state index is 0.180. The monoisotopic (exact) mass is 421 g/mol. The van der Waals surface area contributed by atoms with Crippen LogP contribution in [0.1, 0.15) is 35.3 Å². The topological polar surface area (TPSA) is 90.3 Å². The van der Waals surface area contributed by atoms with Crippen LogP contribution in [-0.4, -0.2) is 31.7 Å². The number of aryl methyl sites for hydroxylation is 1. The summed E-state index contributed by atoms with van der Waals surface area (Å²) in [5, 5.41) is 14.7. The van der Waals surface area contributed by atoms with Gasteiger partial charge in [-0.05, 0) is 49.1 Å². The molecule has 3 heterocycles. The maximum atomic E-state index is 12.8. The summed E-state index contributed by atoms with van der Waals surface area (Å²) < 4.78 is 27.2. The molecule has 1 unspecified atom stereocenters. The predicted molar refractivity (Wildman–Crippen MR) is 105 cm³/mol. The lowest BCUT2D eigenvalue weighted by atomic mass is 9.99. The van der Waals surface area contributed by atoms with E-state index < -0.39 is 15.9 Å². The number of fused-ring (bicyclic) bond motifs is 1. The molecule has 0 spiro atoms. The highest BCUT2D eigenvalue weighted by Gasteiger charge is 2.34. The van der Waals surface area contributed by atoms with E-state index in [2.05, 4.69) is 11.4 Å². The number of rotatable bonds is 4. The molecule has 1 atom stereocenters. The summed E-state index contributed by atoms with van der Waals surface area (Å²) in [6.07, 6.45) is 4.20. The maximum absolute atomic E-state index is 12.8. The Balaban J connectivity index is 1.49. The number of hydrogen-bond donors (Lipinski definition) is 1. The first-order valence-corrected chi connectivity index (χ1v) is 12.0. The Morgan fingerprint density at radius 3 is 2.93 bits per heavy atom. The summed E-state index contributed by atoms with van der Waals surface area (Å²) >= 11 is 2.67. The lowest BCUT2D eigenvalue weighted by Gasteiger charge is -2.30. The number of piperidine rings is 1. The van der Waals surface area contributed by atoms with E-state index in [0.29, 0.717) is 34.2 Å². The number of hydrogen-bond acceptors (Lipinski definition) is 6. The van der Waals surface area contributed by atoms with Crippen molar-refractivity contribution in [1.82, 2.24) is 4.31 Å². The largest absolute Gasteiger partial charge is 0.316 e. The fraction of sp³-hybridized carbons (Fsp3) is 0.444. The molecule has 1 N–H and O–H groups in total. The van der Waals surface area contributed by atoms with Crippen LogP contribution in [0.5, 0.6) is 0 Å². The lowest BCUT2D eigenvalue weighted by molar-refractivity contribution is -0.120. The van der Waals surface area contributed by atoms with Gasteiger partial charge in [0, 0.05) is 18.0 Å². The van der Waals surface area contributed by atoms with E-state index in [1.807, 2.05) is 0 Å². The molecule has 9 heteroatoms. The van der Waals surface area contributed by atoms with Crippen LogP contribution in [0.25, 0.3) is 0 Å². The average Bonchev–Trinajstić information content (AvgIpc) is 3.39. The van der Waals surface area contributed by atoms with Crippen LogP contribution in [0.15, 0.2) is 21.7 Å². The van der Waals surface area contributed by atoms with E-state index in [9.17, 15) is 18.5 Å². The van der Waals surface area contributed by atoms with Gasteiger partial charge in [-0.1, -0.05) is 6.07 Å². The second kappa shape index (κ2) is 7.36. The number of thiophene rings is 2. The van der Waals surface area contributed by atoms with E-state index in [1.54, 1.807) is 17.5 Å². The van der Waals surface area contributed by atoms with Crippen LogP contribution in [0.4, 0.5) is 5.00 Å². The predicted octanol–water partition coefficient (Wildman–Crippen LogP) is 3.21. The number of anilines is 1. The van der Waals surface area contributed by atoms with Crippen molar-refractivity contribution in [2.24, 2.45) is 5.92 Å². The lowest BCUT2D eigenvalue weighted by Crippen LogP contribution is -2.43. The van der Waals surface area contributed by atoms with Gasteiger partial charge in [0.2, 0.25) is 5.91 Å². The molecule has 27 heavy (non-hydrogen) atoms. The number of nitrogens with zero attached hydrogens (tertiary/aromatic N) is 2. The van der Waals surface area contributed by atoms with Crippen molar-refractivity contribution in [3.63, 3.8) is 0 Å². The van der Waals surface area contributed by atoms with Crippen molar-refractivity contribution >= 4 is 43.6 Å². The highest BCUT2D eigenvalue weighted by molar-refractivity contribution is 7.91. The standard InChI is InChI=1S/C18H19N3O3S3/c19-10-14-13-5-1-6-15(13)26-18(14)20-17(22)12-4-2-8-21(11-12)27(23,24)16-7-3-9-25-16/h3,7,9,12H,1-2,4-6,8,11H2,(H,20,22). The van der Waals surface area contributed by atoms with Gasteiger partial charge in [0.25, 0.3) is 10.0 Å². The van der Waals surface area contributed by atoms with E-state index in [1.165, 1.54) is 31.9 Å². The van der Waals surface area contributed by atoms with Gasteiger partial charge in [-0.15, -0.1) is 22.7 Å². The Bertz CT molecular complexity index is 1000. The Kier molecular flexibility index (Phi) is 5.07. The van der Waals surface area contributed by atoms with E-state index in [4.69, 9.17) is 0 Å². The van der Waals surface area contributed by atoms with Crippen LogP contribution in [0.2, 0.25) is 0 Å². The Labute approximate surface area is 166 Å². The second-order valence-electron chi connectivity index (χ2n) is 6.80. The molecule has 1 aliphatic heterocycles. The molecule has 1 aliphatic carbocycles. The van der Waals surface area contributed by atoms with E-state index in [-0.39, 0.29) is 12.5 Å². The van der Waals surface area contributed by atoms with Crippen LogP contribution in [0.3, 0.4) is 0 Å². The van der Waals surface area contributed by atoms with Crippen LogP contribution < -0.4 is 5.32 Å². The highest BCUT2D eigenvalue weighted by atomic mass is 32.2. The molecule has 1 amide bonds. The molecule has 142 valence electrons. The van der Waals surface area contributed by atoms with Gasteiger partial charge in [0.15, 0.2) is 0 Å². The number of sulfonamides is 1. The van der Waals surface area contributed by atoms with Gasteiger partial charge >= 0.3 is 0 Å². The molecular formula is C18H19N3O3S3. The fourth-order valence-corrected chi connectivity index (χ4v) is 7.65. The molecular weight excluding hydrogens is 402 g/mol. The first-order chi connectivity index (χ1) is 13.0. The summed E-state index contributed by atoms with van der Waals surface area (Å²) in [5.41, 5.74) is 1.66. The smallest absolute Gasteiger partial charge is 0.252 e. The molecule has 4 rings (SSSR count). The zero-order valence-corrected chi connectivity index (χ0v) is 17.1. The van der Waals surface area contributed by atoms with Crippen molar-refractivity contribution in [2.75, 3.05) is 18.4 Å². The Morgan fingerprint density at radius 2 is 2.19 bits per heavy atom. The van der Waals surface area contributed by atoms with Gasteiger partial charge in [-0.3, -0.25) is 4.79 Å². The Morgan fingerprint density at radius 1 is 1.33 bits per heavy atom. The molecule has 2 aromatic rings. The molecule has 1 saturated heterocycles. The van der Waals surface area contributed by atoms with Gasteiger partial charge in [-0.25, -0.2) is 8.42 Å². The van der Waals surface area contributed by atoms with Crippen molar-refractivity contribution < 1.29 is 13.2 Å². The van der Waals surface area contributed by atoms with Gasteiger partial charge in [0.05, 0.1) is 11.5 Å². The first-order valence-electron chi connectivity index (χ1n) is 8.90. The zero-order valence-electron chi connectivity index (χ0n) is 14.6. The number of carbonyl (C=O) groups is 1. The second-order valence-corrected chi connectivity index (χ2v) is 11.0. The molecule has 0 radical (unpaired) electrons. The number of carbonyl (C=O) groups excluding carboxylic acids is 1. The minimum atomic E-state index is -3.55. The van der Waals surface area contributed by atoms with Crippen LogP contribution >= 0.6 is 22.7 Å².